The molecular formula is C19H21N3O3S. The zero-order valence-corrected chi connectivity index (χ0v) is 15.2. The van der Waals surface area contributed by atoms with Crippen LogP contribution < -0.4 is 0 Å². The number of morpholine rings is 1. The Hall–Kier alpha value is -2.22. The molecule has 0 aliphatic carbocycles. The second-order valence-corrected chi connectivity index (χ2v) is 7.28. The van der Waals surface area contributed by atoms with Gasteiger partial charge in [0.15, 0.2) is 0 Å². The lowest BCUT2D eigenvalue weighted by atomic mass is 9.99. The molecule has 1 saturated heterocycles. The van der Waals surface area contributed by atoms with Gasteiger partial charge in [0.05, 0.1) is 31.5 Å². The third-order valence-corrected chi connectivity index (χ3v) is 5.44. The molecule has 2 aromatic rings. The Morgan fingerprint density at radius 3 is 2.69 bits per heavy atom. The monoisotopic (exact) mass is 371 g/mol. The second kappa shape index (κ2) is 7.57. The van der Waals surface area contributed by atoms with Crippen molar-refractivity contribution in [1.82, 2.24) is 9.91 Å². The maximum atomic E-state index is 13.0. The number of aromatic hydroxyl groups is 1. The van der Waals surface area contributed by atoms with Gasteiger partial charge in [0, 0.05) is 25.1 Å². The summed E-state index contributed by atoms with van der Waals surface area (Å²) in [7, 11) is 0. The van der Waals surface area contributed by atoms with E-state index in [9.17, 15) is 9.90 Å². The minimum Gasteiger partial charge on any atom is -0.508 e. The lowest BCUT2D eigenvalue weighted by Gasteiger charge is -2.29. The predicted octanol–water partition coefficient (Wildman–Crippen LogP) is 2.46. The molecular weight excluding hydrogens is 350 g/mol. The normalized spacial score (nSPS) is 21.0. The first-order valence-electron chi connectivity index (χ1n) is 8.72. The summed E-state index contributed by atoms with van der Waals surface area (Å²) in [6.07, 6.45) is 0.677. The zero-order valence-electron chi connectivity index (χ0n) is 14.4. The lowest BCUT2D eigenvalue weighted by molar-refractivity contribution is -0.135. The first-order valence-corrected chi connectivity index (χ1v) is 9.66. The summed E-state index contributed by atoms with van der Waals surface area (Å²) in [6, 6.07) is 8.93. The number of hydrogen-bond donors (Lipinski definition) is 1. The molecule has 0 radical (unpaired) electrons. The van der Waals surface area contributed by atoms with Crippen molar-refractivity contribution >= 4 is 23.0 Å². The van der Waals surface area contributed by atoms with E-state index in [1.54, 1.807) is 28.5 Å². The largest absolute Gasteiger partial charge is 0.508 e. The van der Waals surface area contributed by atoms with E-state index in [0.29, 0.717) is 26.2 Å². The van der Waals surface area contributed by atoms with Crippen LogP contribution in [0.3, 0.4) is 0 Å². The van der Waals surface area contributed by atoms with Gasteiger partial charge in [0.25, 0.3) is 5.91 Å². The molecule has 7 heteroatoms. The molecule has 0 saturated carbocycles. The maximum Gasteiger partial charge on any atom is 0.257 e. The molecule has 1 aromatic carbocycles. The SMILES string of the molecule is O=C(CN1CCOCC1)N1N=C(c2ccsc2)CC1c1ccc(O)cc1. The number of amides is 1. The predicted molar refractivity (Wildman–Crippen MR) is 100 cm³/mol. The number of thiophene rings is 1. The fourth-order valence-corrected chi connectivity index (χ4v) is 3.99. The van der Waals surface area contributed by atoms with Crippen molar-refractivity contribution in [1.29, 1.82) is 0 Å². The Bertz CT molecular complexity index is 783. The van der Waals surface area contributed by atoms with Crippen LogP contribution in [-0.4, -0.2) is 59.5 Å². The van der Waals surface area contributed by atoms with Gasteiger partial charge in [-0.25, -0.2) is 5.01 Å². The minimum atomic E-state index is -0.140. The van der Waals surface area contributed by atoms with Gasteiger partial charge in [-0.05, 0) is 34.5 Å². The first kappa shape index (κ1) is 17.2. The van der Waals surface area contributed by atoms with Crippen LogP contribution >= 0.6 is 11.3 Å². The lowest BCUT2D eigenvalue weighted by Crippen LogP contribution is -2.43. The van der Waals surface area contributed by atoms with Gasteiger partial charge < -0.3 is 9.84 Å². The molecule has 1 amide bonds. The molecule has 6 nitrogen and oxygen atoms in total. The second-order valence-electron chi connectivity index (χ2n) is 6.50. The van der Waals surface area contributed by atoms with Crippen LogP contribution in [0.4, 0.5) is 0 Å². The molecule has 0 spiro atoms. The van der Waals surface area contributed by atoms with Gasteiger partial charge in [-0.15, -0.1) is 0 Å². The highest BCUT2D eigenvalue weighted by Gasteiger charge is 2.34. The number of phenols is 1. The third kappa shape index (κ3) is 3.65. The highest BCUT2D eigenvalue weighted by Crippen LogP contribution is 2.34. The fourth-order valence-electron chi connectivity index (χ4n) is 3.32. The van der Waals surface area contributed by atoms with Crippen LogP contribution in [0, 0.1) is 0 Å². The van der Waals surface area contributed by atoms with Crippen molar-refractivity contribution < 1.29 is 14.6 Å². The van der Waals surface area contributed by atoms with Crippen LogP contribution in [-0.2, 0) is 9.53 Å². The van der Waals surface area contributed by atoms with Gasteiger partial charge in [-0.3, -0.25) is 9.69 Å². The van der Waals surface area contributed by atoms with E-state index in [1.165, 1.54) is 0 Å². The summed E-state index contributed by atoms with van der Waals surface area (Å²) in [5.74, 6) is 0.215. The van der Waals surface area contributed by atoms with Crippen LogP contribution in [0.25, 0.3) is 0 Å². The highest BCUT2D eigenvalue weighted by atomic mass is 32.1. The molecule has 2 aliphatic heterocycles. The smallest absolute Gasteiger partial charge is 0.257 e. The zero-order chi connectivity index (χ0) is 17.9. The summed E-state index contributed by atoms with van der Waals surface area (Å²) in [6.45, 7) is 3.21. The topological polar surface area (TPSA) is 65.4 Å². The molecule has 1 unspecified atom stereocenters. The van der Waals surface area contributed by atoms with Gasteiger partial charge in [-0.2, -0.15) is 16.4 Å². The molecule has 1 fully saturated rings. The van der Waals surface area contributed by atoms with Crippen molar-refractivity contribution in [3.05, 3.63) is 52.2 Å². The standard InChI is InChI=1S/C19H21N3O3S/c23-16-3-1-14(2-4-16)18-11-17(15-5-10-26-13-15)20-22(18)19(24)12-21-6-8-25-9-7-21/h1-5,10,13,18,23H,6-9,11-12H2. The van der Waals surface area contributed by atoms with Gasteiger partial charge in [0.2, 0.25) is 0 Å². The summed E-state index contributed by atoms with van der Waals surface area (Å²) >= 11 is 1.62. The minimum absolute atomic E-state index is 0.00444. The summed E-state index contributed by atoms with van der Waals surface area (Å²) in [4.78, 5) is 15.1. The molecule has 136 valence electrons. The Labute approximate surface area is 156 Å². The number of benzene rings is 1. The van der Waals surface area contributed by atoms with E-state index in [2.05, 4.69) is 15.4 Å². The average Bonchev–Trinajstić information content (AvgIpc) is 3.33. The van der Waals surface area contributed by atoms with Gasteiger partial charge in [0.1, 0.15) is 5.75 Å². The quantitative estimate of drug-likeness (QED) is 0.897. The van der Waals surface area contributed by atoms with Gasteiger partial charge in [-0.1, -0.05) is 12.1 Å². The van der Waals surface area contributed by atoms with Crippen molar-refractivity contribution in [3.8, 4) is 5.75 Å². The van der Waals surface area contributed by atoms with E-state index in [4.69, 9.17) is 4.74 Å². The average molecular weight is 371 g/mol. The van der Waals surface area contributed by atoms with Crippen molar-refractivity contribution in [2.75, 3.05) is 32.8 Å². The van der Waals surface area contributed by atoms with E-state index in [-0.39, 0.29) is 17.7 Å². The van der Waals surface area contributed by atoms with Crippen molar-refractivity contribution in [3.63, 3.8) is 0 Å². The molecule has 2 aliphatic rings. The van der Waals surface area contributed by atoms with Gasteiger partial charge >= 0.3 is 0 Å². The number of carbonyl (C=O) groups is 1. The molecule has 4 rings (SSSR count). The summed E-state index contributed by atoms with van der Waals surface area (Å²) < 4.78 is 5.36. The van der Waals surface area contributed by atoms with Crippen molar-refractivity contribution in [2.24, 2.45) is 5.10 Å². The van der Waals surface area contributed by atoms with Crippen LogP contribution in [0.1, 0.15) is 23.6 Å². The Morgan fingerprint density at radius 2 is 2.00 bits per heavy atom. The number of nitrogens with zero attached hydrogens (tertiary/aromatic N) is 3. The van der Waals surface area contributed by atoms with Crippen LogP contribution in [0.2, 0.25) is 0 Å². The fraction of sp³-hybridized carbons (Fsp3) is 0.368. The molecule has 1 atom stereocenters. The molecule has 3 heterocycles. The Morgan fingerprint density at radius 1 is 1.23 bits per heavy atom. The Balaban J connectivity index is 1.57. The third-order valence-electron chi connectivity index (χ3n) is 4.76. The molecule has 1 N–H and O–H groups in total. The van der Waals surface area contributed by atoms with E-state index in [1.807, 2.05) is 23.6 Å². The molecule has 1 aromatic heterocycles. The maximum absolute atomic E-state index is 13.0. The number of phenolic OH excluding ortho intramolecular Hbond substituents is 1. The number of hydrogen-bond acceptors (Lipinski definition) is 6. The molecule has 26 heavy (non-hydrogen) atoms. The van der Waals surface area contributed by atoms with E-state index < -0.39 is 0 Å². The van der Waals surface area contributed by atoms with E-state index >= 15 is 0 Å². The number of carbonyl (C=O) groups excluding carboxylic acids is 1. The first-order chi connectivity index (χ1) is 12.7. The number of hydrazone groups is 1. The van der Waals surface area contributed by atoms with Crippen molar-refractivity contribution in [2.45, 2.75) is 12.5 Å². The summed E-state index contributed by atoms with van der Waals surface area (Å²) in [5.41, 5.74) is 2.98. The number of ether oxygens (including phenoxy) is 1. The van der Waals surface area contributed by atoms with E-state index in [0.717, 1.165) is 29.9 Å². The highest BCUT2D eigenvalue weighted by molar-refractivity contribution is 7.08. The molecule has 0 bridgehead atoms. The van der Waals surface area contributed by atoms with Crippen LogP contribution in [0.15, 0.2) is 46.2 Å². The Kier molecular flexibility index (Phi) is 5.01. The summed E-state index contributed by atoms with van der Waals surface area (Å²) in [5, 5.41) is 19.9. The number of rotatable bonds is 4. The van der Waals surface area contributed by atoms with Crippen LogP contribution in [0.5, 0.6) is 5.75 Å².